The number of nitrogens with zero attached hydrogens (tertiary/aromatic N) is 2. The fourth-order valence-corrected chi connectivity index (χ4v) is 2.77. The Balaban J connectivity index is 1.83. The first kappa shape index (κ1) is 16.4. The average molecular weight is 345 g/mol. The van der Waals surface area contributed by atoms with Gasteiger partial charge in [0.1, 0.15) is 16.4 Å². The molecule has 0 bridgehead atoms. The molecule has 2 heterocycles. The molecule has 2 aromatic rings. The van der Waals surface area contributed by atoms with Gasteiger partial charge in [-0.25, -0.2) is 0 Å². The zero-order chi connectivity index (χ0) is 17.1. The summed E-state index contributed by atoms with van der Waals surface area (Å²) in [6, 6.07) is 7.69. The molecule has 3 rings (SSSR count). The van der Waals surface area contributed by atoms with E-state index in [1.54, 1.807) is 0 Å². The monoisotopic (exact) mass is 345 g/mol. The topological polar surface area (TPSA) is 96.3 Å². The summed E-state index contributed by atoms with van der Waals surface area (Å²) in [7, 11) is 0. The van der Waals surface area contributed by atoms with Gasteiger partial charge in [-0.15, -0.1) is 0 Å². The summed E-state index contributed by atoms with van der Waals surface area (Å²) in [4.78, 5) is 21.7. The number of anilines is 3. The van der Waals surface area contributed by atoms with Gasteiger partial charge in [-0.3, -0.25) is 9.78 Å². The molecule has 0 saturated carbocycles. The van der Waals surface area contributed by atoms with E-state index in [2.05, 4.69) is 15.3 Å². The number of thiocarbonyl (C=S) groups is 1. The molecule has 0 atom stereocenters. The third-order valence-corrected chi connectivity index (χ3v) is 4.09. The van der Waals surface area contributed by atoms with Gasteiger partial charge in [-0.2, -0.15) is 4.98 Å². The molecular formula is C16H19N5O2S. The van der Waals surface area contributed by atoms with Gasteiger partial charge in [0.05, 0.1) is 13.2 Å². The van der Waals surface area contributed by atoms with Gasteiger partial charge in [0, 0.05) is 18.8 Å². The SMILES string of the molecule is Cc1ccc(NC(=S)c2c(N)nc(N3CCOCC3)[nH]c2=O)cc1. The molecule has 8 heteroatoms. The van der Waals surface area contributed by atoms with Crippen LogP contribution in [0, 0.1) is 6.92 Å². The number of nitrogen functional groups attached to an aromatic ring is 1. The van der Waals surface area contributed by atoms with Gasteiger partial charge in [0.15, 0.2) is 0 Å². The Labute approximate surface area is 144 Å². The lowest BCUT2D eigenvalue weighted by Crippen LogP contribution is -2.39. The second-order valence-electron chi connectivity index (χ2n) is 5.57. The quantitative estimate of drug-likeness (QED) is 0.721. The van der Waals surface area contributed by atoms with Crippen LogP contribution in [0.2, 0.25) is 0 Å². The van der Waals surface area contributed by atoms with E-state index in [1.807, 2.05) is 36.1 Å². The molecule has 1 aromatic carbocycles. The number of aromatic nitrogens is 2. The van der Waals surface area contributed by atoms with Gasteiger partial charge in [-0.1, -0.05) is 29.9 Å². The van der Waals surface area contributed by atoms with Crippen molar-refractivity contribution >= 4 is 34.7 Å². The Bertz CT molecular complexity index is 797. The molecule has 7 nitrogen and oxygen atoms in total. The lowest BCUT2D eigenvalue weighted by atomic mass is 10.2. The van der Waals surface area contributed by atoms with Crippen LogP contribution in [0.25, 0.3) is 0 Å². The number of morpholine rings is 1. The molecule has 24 heavy (non-hydrogen) atoms. The van der Waals surface area contributed by atoms with E-state index in [9.17, 15) is 4.79 Å². The Morgan fingerprint density at radius 2 is 2.00 bits per heavy atom. The van der Waals surface area contributed by atoms with Crippen molar-refractivity contribution in [2.75, 3.05) is 42.3 Å². The number of hydrogen-bond acceptors (Lipinski definition) is 6. The molecule has 1 saturated heterocycles. The maximum absolute atomic E-state index is 12.4. The summed E-state index contributed by atoms with van der Waals surface area (Å²) in [6.07, 6.45) is 0. The van der Waals surface area contributed by atoms with E-state index >= 15 is 0 Å². The molecule has 1 aliphatic rings. The summed E-state index contributed by atoms with van der Waals surface area (Å²) in [5, 5.41) is 3.02. The third-order valence-electron chi connectivity index (χ3n) is 3.78. The van der Waals surface area contributed by atoms with E-state index in [-0.39, 0.29) is 21.9 Å². The van der Waals surface area contributed by atoms with Crippen molar-refractivity contribution in [3.8, 4) is 0 Å². The van der Waals surface area contributed by atoms with Gasteiger partial charge in [-0.05, 0) is 19.1 Å². The van der Waals surface area contributed by atoms with Gasteiger partial charge in [0.2, 0.25) is 5.95 Å². The van der Waals surface area contributed by atoms with Crippen LogP contribution < -0.4 is 21.5 Å². The van der Waals surface area contributed by atoms with E-state index in [1.165, 1.54) is 0 Å². The normalized spacial score (nSPS) is 14.5. The molecule has 1 fully saturated rings. The van der Waals surface area contributed by atoms with Crippen LogP contribution in [0.1, 0.15) is 11.1 Å². The summed E-state index contributed by atoms with van der Waals surface area (Å²) in [5.74, 6) is 0.563. The van der Waals surface area contributed by atoms with Gasteiger partial charge < -0.3 is 20.7 Å². The highest BCUT2D eigenvalue weighted by molar-refractivity contribution is 7.81. The maximum atomic E-state index is 12.4. The molecule has 0 amide bonds. The number of benzene rings is 1. The van der Waals surface area contributed by atoms with E-state index in [0.717, 1.165) is 11.3 Å². The minimum absolute atomic E-state index is 0.116. The molecule has 0 radical (unpaired) electrons. The molecule has 4 N–H and O–H groups in total. The predicted molar refractivity (Wildman–Crippen MR) is 98.8 cm³/mol. The van der Waals surface area contributed by atoms with E-state index in [0.29, 0.717) is 32.3 Å². The van der Waals surface area contributed by atoms with Crippen LogP contribution in [0.5, 0.6) is 0 Å². The highest BCUT2D eigenvalue weighted by Gasteiger charge is 2.18. The lowest BCUT2D eigenvalue weighted by molar-refractivity contribution is 0.122. The Morgan fingerprint density at radius 1 is 1.33 bits per heavy atom. The number of aryl methyl sites for hydroxylation is 1. The second-order valence-corrected chi connectivity index (χ2v) is 5.98. The standard InChI is InChI=1S/C16H19N5O2S/c1-10-2-4-11(5-3-10)18-15(24)12-13(17)19-16(20-14(12)22)21-6-8-23-9-7-21/h2-5H,6-9H2,1H3,(H,18,24)(H3,17,19,20,22). The zero-order valence-electron chi connectivity index (χ0n) is 13.3. The number of nitrogens with two attached hydrogens (primary N) is 1. The number of ether oxygens (including phenoxy) is 1. The maximum Gasteiger partial charge on any atom is 0.264 e. The van der Waals surface area contributed by atoms with Crippen LogP contribution in [0.15, 0.2) is 29.1 Å². The van der Waals surface area contributed by atoms with Crippen molar-refractivity contribution < 1.29 is 4.74 Å². The highest BCUT2D eigenvalue weighted by Crippen LogP contribution is 2.15. The number of H-pyrrole nitrogens is 1. The molecule has 0 aliphatic carbocycles. The van der Waals surface area contributed by atoms with Crippen molar-refractivity contribution in [3.63, 3.8) is 0 Å². The molecule has 1 aliphatic heterocycles. The van der Waals surface area contributed by atoms with Crippen LogP contribution in [0.3, 0.4) is 0 Å². The molecular weight excluding hydrogens is 326 g/mol. The minimum Gasteiger partial charge on any atom is -0.383 e. The average Bonchev–Trinajstić information content (AvgIpc) is 2.57. The fourth-order valence-electron chi connectivity index (χ4n) is 2.45. The summed E-state index contributed by atoms with van der Waals surface area (Å²) in [5.41, 5.74) is 7.75. The number of aromatic amines is 1. The van der Waals surface area contributed by atoms with E-state index < -0.39 is 0 Å². The first-order valence-corrected chi connectivity index (χ1v) is 8.06. The summed E-state index contributed by atoms with van der Waals surface area (Å²) >= 11 is 5.33. The number of hydrogen-bond donors (Lipinski definition) is 3. The zero-order valence-corrected chi connectivity index (χ0v) is 14.2. The van der Waals surface area contributed by atoms with Crippen molar-refractivity contribution in [2.24, 2.45) is 0 Å². The number of nitrogens with one attached hydrogen (secondary N) is 2. The van der Waals surface area contributed by atoms with Gasteiger partial charge >= 0.3 is 0 Å². The summed E-state index contributed by atoms with van der Waals surface area (Å²) < 4.78 is 5.29. The van der Waals surface area contributed by atoms with Crippen LogP contribution in [-0.2, 0) is 4.74 Å². The predicted octanol–water partition coefficient (Wildman–Crippen LogP) is 1.28. The minimum atomic E-state index is -0.353. The largest absolute Gasteiger partial charge is 0.383 e. The van der Waals surface area contributed by atoms with Crippen LogP contribution in [-0.4, -0.2) is 41.3 Å². The molecule has 0 spiro atoms. The molecule has 1 aromatic heterocycles. The molecule has 126 valence electrons. The fraction of sp³-hybridized carbons (Fsp3) is 0.312. The van der Waals surface area contributed by atoms with Crippen molar-refractivity contribution in [1.29, 1.82) is 0 Å². The van der Waals surface area contributed by atoms with Crippen molar-refractivity contribution in [3.05, 3.63) is 45.7 Å². The third kappa shape index (κ3) is 3.55. The Hall–Kier alpha value is -2.45. The van der Waals surface area contributed by atoms with E-state index in [4.69, 9.17) is 22.7 Å². The Morgan fingerprint density at radius 3 is 2.62 bits per heavy atom. The molecule has 0 unspecified atom stereocenters. The van der Waals surface area contributed by atoms with Crippen molar-refractivity contribution in [2.45, 2.75) is 6.92 Å². The smallest absolute Gasteiger partial charge is 0.264 e. The highest BCUT2D eigenvalue weighted by atomic mass is 32.1. The van der Waals surface area contributed by atoms with Crippen LogP contribution in [0.4, 0.5) is 17.5 Å². The van der Waals surface area contributed by atoms with Gasteiger partial charge in [0.25, 0.3) is 5.56 Å². The first-order valence-electron chi connectivity index (χ1n) is 7.65. The Kier molecular flexibility index (Phi) is 4.77. The first-order chi connectivity index (χ1) is 11.5. The number of rotatable bonds is 3. The second kappa shape index (κ2) is 6.98. The van der Waals surface area contributed by atoms with Crippen molar-refractivity contribution in [1.82, 2.24) is 9.97 Å². The summed E-state index contributed by atoms with van der Waals surface area (Å²) in [6.45, 7) is 4.51. The van der Waals surface area contributed by atoms with Crippen LogP contribution >= 0.6 is 12.2 Å². The lowest BCUT2D eigenvalue weighted by Gasteiger charge is -2.27.